The number of nitrogens with zero attached hydrogens (tertiary/aromatic N) is 1. The molecular weight excluding hydrogens is 246 g/mol. The van der Waals surface area contributed by atoms with E-state index in [9.17, 15) is 4.79 Å². The molecule has 0 N–H and O–H groups in total. The molecule has 1 amide bonds. The zero-order valence-electron chi connectivity index (χ0n) is 8.37. The fourth-order valence-electron chi connectivity index (χ4n) is 1.05. The predicted molar refractivity (Wildman–Crippen MR) is 59.8 cm³/mol. The van der Waals surface area contributed by atoms with Crippen LogP contribution in [-0.2, 0) is 4.79 Å². The first-order chi connectivity index (χ1) is 6.56. The Morgan fingerprint density at radius 3 is 2.57 bits per heavy atom. The van der Waals surface area contributed by atoms with Gasteiger partial charge < -0.3 is 9.64 Å². The van der Waals surface area contributed by atoms with E-state index in [2.05, 4.69) is 15.9 Å². The Morgan fingerprint density at radius 2 is 2.14 bits per heavy atom. The van der Waals surface area contributed by atoms with Crippen molar-refractivity contribution in [1.82, 2.24) is 0 Å². The van der Waals surface area contributed by atoms with Crippen LogP contribution in [0.3, 0.4) is 0 Å². The topological polar surface area (TPSA) is 29.5 Å². The standard InChI is InChI=1S/C10H12BrNO2/c1-7(13)12(2)8-4-5-10(14-3)9(11)6-8/h4-6H,1-3H3. The summed E-state index contributed by atoms with van der Waals surface area (Å²) >= 11 is 3.36. The number of carbonyl (C=O) groups is 1. The molecule has 76 valence electrons. The summed E-state index contributed by atoms with van der Waals surface area (Å²) in [6.07, 6.45) is 0. The third kappa shape index (κ3) is 2.26. The molecule has 1 aromatic rings. The van der Waals surface area contributed by atoms with Crippen LogP contribution in [0.5, 0.6) is 5.75 Å². The van der Waals surface area contributed by atoms with Crippen molar-refractivity contribution in [3.63, 3.8) is 0 Å². The van der Waals surface area contributed by atoms with Gasteiger partial charge in [-0.2, -0.15) is 0 Å². The van der Waals surface area contributed by atoms with E-state index in [0.717, 1.165) is 15.9 Å². The van der Waals surface area contributed by atoms with Gasteiger partial charge in [0.15, 0.2) is 0 Å². The van der Waals surface area contributed by atoms with Crippen molar-refractivity contribution in [2.45, 2.75) is 6.92 Å². The molecule has 0 saturated carbocycles. The summed E-state index contributed by atoms with van der Waals surface area (Å²) in [5, 5.41) is 0. The fraction of sp³-hybridized carbons (Fsp3) is 0.300. The first-order valence-corrected chi connectivity index (χ1v) is 4.93. The molecule has 0 unspecified atom stereocenters. The number of benzene rings is 1. The molecular formula is C10H12BrNO2. The summed E-state index contributed by atoms with van der Waals surface area (Å²) in [7, 11) is 3.34. The predicted octanol–water partition coefficient (Wildman–Crippen LogP) is 2.44. The highest BCUT2D eigenvalue weighted by atomic mass is 79.9. The molecule has 0 atom stereocenters. The van der Waals surface area contributed by atoms with Crippen molar-refractivity contribution in [2.75, 3.05) is 19.1 Å². The van der Waals surface area contributed by atoms with E-state index in [-0.39, 0.29) is 5.91 Å². The molecule has 0 spiro atoms. The molecule has 14 heavy (non-hydrogen) atoms. The number of carbonyl (C=O) groups excluding carboxylic acids is 1. The Balaban J connectivity index is 3.02. The van der Waals surface area contributed by atoms with Crippen molar-refractivity contribution in [3.8, 4) is 5.75 Å². The number of hydrogen-bond donors (Lipinski definition) is 0. The lowest BCUT2D eigenvalue weighted by atomic mass is 10.3. The van der Waals surface area contributed by atoms with Crippen LogP contribution in [0.15, 0.2) is 22.7 Å². The minimum atomic E-state index is 0.00191. The molecule has 1 aromatic carbocycles. The zero-order valence-corrected chi connectivity index (χ0v) is 9.96. The van der Waals surface area contributed by atoms with E-state index in [1.54, 1.807) is 19.1 Å². The maximum absolute atomic E-state index is 11.1. The molecule has 0 fully saturated rings. The third-order valence-electron chi connectivity index (χ3n) is 2.00. The molecule has 0 aliphatic rings. The summed E-state index contributed by atoms with van der Waals surface area (Å²) in [5.74, 6) is 0.757. The first kappa shape index (κ1) is 11.0. The number of halogens is 1. The molecule has 0 radical (unpaired) electrons. The molecule has 1 rings (SSSR count). The second-order valence-corrected chi connectivity index (χ2v) is 3.75. The normalized spacial score (nSPS) is 9.71. The SMILES string of the molecule is COc1ccc(N(C)C(C)=O)cc1Br. The summed E-state index contributed by atoms with van der Waals surface area (Å²) < 4.78 is 5.93. The average Bonchev–Trinajstić information content (AvgIpc) is 2.16. The van der Waals surface area contributed by atoms with Crippen molar-refractivity contribution in [1.29, 1.82) is 0 Å². The van der Waals surface area contributed by atoms with E-state index in [0.29, 0.717) is 0 Å². The Labute approximate surface area is 91.8 Å². The monoisotopic (exact) mass is 257 g/mol. The second-order valence-electron chi connectivity index (χ2n) is 2.90. The van der Waals surface area contributed by atoms with Crippen LogP contribution in [0.1, 0.15) is 6.92 Å². The smallest absolute Gasteiger partial charge is 0.223 e. The van der Waals surface area contributed by atoms with Crippen LogP contribution in [0.2, 0.25) is 0 Å². The van der Waals surface area contributed by atoms with Gasteiger partial charge >= 0.3 is 0 Å². The first-order valence-electron chi connectivity index (χ1n) is 4.14. The van der Waals surface area contributed by atoms with Gasteiger partial charge in [-0.25, -0.2) is 0 Å². The summed E-state index contributed by atoms with van der Waals surface area (Å²) in [6.45, 7) is 1.53. The van der Waals surface area contributed by atoms with Gasteiger partial charge in [-0.05, 0) is 34.1 Å². The van der Waals surface area contributed by atoms with Gasteiger partial charge in [-0.1, -0.05) is 0 Å². The van der Waals surface area contributed by atoms with E-state index in [1.165, 1.54) is 6.92 Å². The van der Waals surface area contributed by atoms with Crippen LogP contribution in [0.4, 0.5) is 5.69 Å². The number of anilines is 1. The maximum Gasteiger partial charge on any atom is 0.223 e. The zero-order chi connectivity index (χ0) is 10.7. The highest BCUT2D eigenvalue weighted by molar-refractivity contribution is 9.10. The largest absolute Gasteiger partial charge is 0.496 e. The van der Waals surface area contributed by atoms with Crippen molar-refractivity contribution in [3.05, 3.63) is 22.7 Å². The molecule has 0 bridgehead atoms. The average molecular weight is 258 g/mol. The van der Waals surface area contributed by atoms with Crippen molar-refractivity contribution < 1.29 is 9.53 Å². The number of methoxy groups -OCH3 is 1. The lowest BCUT2D eigenvalue weighted by Crippen LogP contribution is -2.22. The molecule has 0 aliphatic heterocycles. The van der Waals surface area contributed by atoms with E-state index in [1.807, 2.05) is 18.2 Å². The molecule has 0 aromatic heterocycles. The van der Waals surface area contributed by atoms with Crippen molar-refractivity contribution in [2.24, 2.45) is 0 Å². The number of rotatable bonds is 2. The quantitative estimate of drug-likeness (QED) is 0.815. The number of hydrogen-bond acceptors (Lipinski definition) is 2. The summed E-state index contributed by atoms with van der Waals surface area (Å²) in [6, 6.07) is 5.50. The number of amides is 1. The Bertz CT molecular complexity index is 352. The van der Waals surface area contributed by atoms with Gasteiger partial charge in [0, 0.05) is 19.7 Å². The van der Waals surface area contributed by atoms with Gasteiger partial charge in [0.2, 0.25) is 5.91 Å². The summed E-state index contributed by atoms with van der Waals surface area (Å²) in [4.78, 5) is 12.7. The summed E-state index contributed by atoms with van der Waals surface area (Å²) in [5.41, 5.74) is 0.838. The van der Waals surface area contributed by atoms with Crippen LogP contribution in [0.25, 0.3) is 0 Å². The van der Waals surface area contributed by atoms with Crippen molar-refractivity contribution >= 4 is 27.5 Å². The van der Waals surface area contributed by atoms with Gasteiger partial charge in [-0.15, -0.1) is 0 Å². The second kappa shape index (κ2) is 4.46. The van der Waals surface area contributed by atoms with Crippen LogP contribution >= 0.6 is 15.9 Å². The molecule has 0 aliphatic carbocycles. The van der Waals surface area contributed by atoms with Gasteiger partial charge in [0.05, 0.1) is 11.6 Å². The van der Waals surface area contributed by atoms with Crippen LogP contribution < -0.4 is 9.64 Å². The minimum absolute atomic E-state index is 0.00191. The Morgan fingerprint density at radius 1 is 1.50 bits per heavy atom. The van der Waals surface area contributed by atoms with E-state index >= 15 is 0 Å². The third-order valence-corrected chi connectivity index (χ3v) is 2.61. The van der Waals surface area contributed by atoms with E-state index < -0.39 is 0 Å². The lowest BCUT2D eigenvalue weighted by Gasteiger charge is -2.15. The molecule has 0 heterocycles. The maximum atomic E-state index is 11.1. The van der Waals surface area contributed by atoms with Gasteiger partial charge in [0.25, 0.3) is 0 Å². The van der Waals surface area contributed by atoms with E-state index in [4.69, 9.17) is 4.74 Å². The highest BCUT2D eigenvalue weighted by Gasteiger charge is 2.07. The Hall–Kier alpha value is -1.03. The minimum Gasteiger partial charge on any atom is -0.496 e. The Kier molecular flexibility index (Phi) is 3.52. The van der Waals surface area contributed by atoms with Gasteiger partial charge in [-0.3, -0.25) is 4.79 Å². The highest BCUT2D eigenvalue weighted by Crippen LogP contribution is 2.28. The fourth-order valence-corrected chi connectivity index (χ4v) is 1.57. The molecule has 0 saturated heterocycles. The molecule has 3 nitrogen and oxygen atoms in total. The molecule has 4 heteroatoms. The lowest BCUT2D eigenvalue weighted by molar-refractivity contribution is -0.116. The van der Waals surface area contributed by atoms with Gasteiger partial charge in [0.1, 0.15) is 5.75 Å². The van der Waals surface area contributed by atoms with Crippen LogP contribution in [-0.4, -0.2) is 20.1 Å². The number of ether oxygens (including phenoxy) is 1. The van der Waals surface area contributed by atoms with Crippen LogP contribution in [0, 0.1) is 0 Å².